The molecular weight excluding hydrogens is 530 g/mol. The molecule has 0 saturated carbocycles. The van der Waals surface area contributed by atoms with E-state index in [1.807, 2.05) is 12.3 Å². The van der Waals surface area contributed by atoms with Crippen LogP contribution in [0.3, 0.4) is 0 Å². The summed E-state index contributed by atoms with van der Waals surface area (Å²) in [7, 11) is 0. The van der Waals surface area contributed by atoms with Gasteiger partial charge in [-0.15, -0.1) is 0 Å². The Bertz CT molecular complexity index is 1570. The van der Waals surface area contributed by atoms with Gasteiger partial charge in [-0.2, -0.15) is 0 Å². The molecule has 0 aromatic heterocycles. The predicted molar refractivity (Wildman–Crippen MR) is 197 cm³/mol. The third kappa shape index (κ3) is 8.14. The second-order valence-electron chi connectivity index (χ2n) is 12.3. The van der Waals surface area contributed by atoms with Crippen molar-refractivity contribution in [2.24, 2.45) is 4.99 Å². The van der Waals surface area contributed by atoms with Crippen LogP contribution < -0.4 is 0 Å². The maximum atomic E-state index is 4.85. The van der Waals surface area contributed by atoms with E-state index in [0.29, 0.717) is 0 Å². The topological polar surface area (TPSA) is 12.4 Å². The average molecular weight is 584 g/mol. The number of benzene rings is 3. The number of allylic oxidation sites excluding steroid dienone is 8. The molecule has 0 amide bonds. The van der Waals surface area contributed by atoms with Crippen LogP contribution in [-0.4, -0.2) is 5.71 Å². The number of aryl methyl sites for hydroxylation is 2. The van der Waals surface area contributed by atoms with Crippen molar-refractivity contribution in [3.8, 4) is 11.1 Å². The van der Waals surface area contributed by atoms with Crippen LogP contribution in [0, 0.1) is 13.8 Å². The summed E-state index contributed by atoms with van der Waals surface area (Å²) >= 11 is 0. The molecule has 0 bridgehead atoms. The zero-order valence-corrected chi connectivity index (χ0v) is 28.7. The van der Waals surface area contributed by atoms with Gasteiger partial charge in [0, 0.05) is 17.5 Å². The van der Waals surface area contributed by atoms with E-state index >= 15 is 0 Å². The van der Waals surface area contributed by atoms with Crippen LogP contribution in [0.15, 0.2) is 120 Å². The normalized spacial score (nSPS) is 15.2. The second kappa shape index (κ2) is 16.2. The molecule has 2 atom stereocenters. The maximum absolute atomic E-state index is 4.85. The molecule has 0 heterocycles. The molecule has 0 spiro atoms. The molecule has 0 fully saturated rings. The number of hydrogen-bond acceptors (Lipinski definition) is 1. The van der Waals surface area contributed by atoms with Gasteiger partial charge in [-0.1, -0.05) is 126 Å². The molecule has 1 nitrogen and oxygen atoms in total. The Labute approximate surface area is 268 Å². The molecule has 0 aliphatic rings. The molecule has 3 aromatic rings. The van der Waals surface area contributed by atoms with Crippen molar-refractivity contribution in [1.82, 2.24) is 0 Å². The molecule has 230 valence electrons. The smallest absolute Gasteiger partial charge is 0.0448 e. The molecule has 1 heteroatoms. The molecule has 3 aromatic carbocycles. The largest absolute Gasteiger partial charge is 0.261 e. The molecule has 0 saturated heterocycles. The lowest BCUT2D eigenvalue weighted by Gasteiger charge is -2.39. The highest BCUT2D eigenvalue weighted by Gasteiger charge is 2.36. The van der Waals surface area contributed by atoms with E-state index < -0.39 is 0 Å². The van der Waals surface area contributed by atoms with Crippen molar-refractivity contribution >= 4 is 11.3 Å². The predicted octanol–water partition coefficient (Wildman–Crippen LogP) is 12.7. The summed E-state index contributed by atoms with van der Waals surface area (Å²) in [5, 5.41) is 0. The molecule has 0 aliphatic carbocycles. The number of rotatable bonds is 13. The van der Waals surface area contributed by atoms with Gasteiger partial charge in [-0.25, -0.2) is 0 Å². The third-order valence-electron chi connectivity index (χ3n) is 9.49. The summed E-state index contributed by atoms with van der Waals surface area (Å²) in [6.45, 7) is 24.3. The molecule has 0 aliphatic heterocycles. The van der Waals surface area contributed by atoms with Gasteiger partial charge < -0.3 is 0 Å². The van der Waals surface area contributed by atoms with E-state index in [1.165, 1.54) is 62.1 Å². The van der Waals surface area contributed by atoms with E-state index in [0.717, 1.165) is 18.6 Å². The van der Waals surface area contributed by atoms with E-state index in [9.17, 15) is 0 Å². The summed E-state index contributed by atoms with van der Waals surface area (Å²) in [5.41, 5.74) is 13.9. The van der Waals surface area contributed by atoms with Gasteiger partial charge in [0.25, 0.3) is 0 Å². The van der Waals surface area contributed by atoms with Crippen molar-refractivity contribution in [2.45, 2.75) is 92.9 Å². The molecule has 3 rings (SSSR count). The van der Waals surface area contributed by atoms with Gasteiger partial charge in [-0.05, 0) is 121 Å². The number of aliphatic imine (C=N–C) groups is 1. The Kier molecular flexibility index (Phi) is 12.7. The summed E-state index contributed by atoms with van der Waals surface area (Å²) in [4.78, 5) is 4.85. The summed E-state index contributed by atoms with van der Waals surface area (Å²) in [6.07, 6.45) is 17.6. The molecular formula is C43H53N. The molecule has 0 radical (unpaired) electrons. The number of unbranched alkanes of at least 4 members (excludes halogenated alkanes) is 1. The quantitative estimate of drug-likeness (QED) is 0.140. The summed E-state index contributed by atoms with van der Waals surface area (Å²) < 4.78 is 0. The molecule has 44 heavy (non-hydrogen) atoms. The minimum absolute atomic E-state index is 0.132. The van der Waals surface area contributed by atoms with Gasteiger partial charge in [0.15, 0.2) is 0 Å². The zero-order chi connectivity index (χ0) is 32.3. The fourth-order valence-corrected chi connectivity index (χ4v) is 5.91. The van der Waals surface area contributed by atoms with Crippen molar-refractivity contribution in [1.29, 1.82) is 0 Å². The second-order valence-corrected chi connectivity index (χ2v) is 12.3. The standard InChI is InChI=1S/C43H53N/c1-11-14-16-17-19-22-31(4)34(7)39-28-32(5)33(6)29-40(39)35(8)43(10,13-3)42-26-25-38(37-23-20-18-21-24-37)30-41(42)36(9)44-27-15-12-2/h12,15-30,35H,2,11,13-14H2,1,3-10H3/b17-16+,22-19-,27-15-,34-31+,44-36?. The highest BCUT2D eigenvalue weighted by molar-refractivity contribution is 6.02. The van der Waals surface area contributed by atoms with Crippen LogP contribution in [0.25, 0.3) is 16.7 Å². The van der Waals surface area contributed by atoms with E-state index in [4.69, 9.17) is 4.99 Å². The Morgan fingerprint density at radius 3 is 2.23 bits per heavy atom. The minimum Gasteiger partial charge on any atom is -0.261 e. The van der Waals surface area contributed by atoms with Crippen LogP contribution in [0.5, 0.6) is 0 Å². The van der Waals surface area contributed by atoms with E-state index in [-0.39, 0.29) is 11.3 Å². The number of nitrogens with zero attached hydrogens (tertiary/aromatic N) is 1. The molecule has 0 N–H and O–H groups in total. The lowest BCUT2D eigenvalue weighted by atomic mass is 9.65. The first kappa shape index (κ1) is 34.5. The first-order valence-corrected chi connectivity index (χ1v) is 16.2. The van der Waals surface area contributed by atoms with Gasteiger partial charge in [0.2, 0.25) is 0 Å². The van der Waals surface area contributed by atoms with Crippen LogP contribution >= 0.6 is 0 Å². The van der Waals surface area contributed by atoms with E-state index in [1.54, 1.807) is 6.08 Å². The third-order valence-corrected chi connectivity index (χ3v) is 9.49. The number of hydrogen-bond donors (Lipinski definition) is 0. The molecule has 2 unspecified atom stereocenters. The zero-order valence-electron chi connectivity index (χ0n) is 28.7. The summed E-state index contributed by atoms with van der Waals surface area (Å²) in [5.74, 6) is 0.260. The van der Waals surface area contributed by atoms with Crippen molar-refractivity contribution in [3.63, 3.8) is 0 Å². The Morgan fingerprint density at radius 2 is 1.57 bits per heavy atom. The maximum Gasteiger partial charge on any atom is 0.0448 e. The van der Waals surface area contributed by atoms with Crippen molar-refractivity contribution < 1.29 is 0 Å². The van der Waals surface area contributed by atoms with Crippen LogP contribution in [-0.2, 0) is 5.41 Å². The highest BCUT2D eigenvalue weighted by Crippen LogP contribution is 2.46. The van der Waals surface area contributed by atoms with Crippen LogP contribution in [0.1, 0.15) is 107 Å². The van der Waals surface area contributed by atoms with Gasteiger partial charge in [0.1, 0.15) is 0 Å². The lowest BCUT2D eigenvalue weighted by molar-refractivity contribution is 0.380. The van der Waals surface area contributed by atoms with Gasteiger partial charge in [0.05, 0.1) is 0 Å². The SMILES string of the molecule is C=C/C=C\N=C(C)c1cc(-c2ccccc2)ccc1C(C)(CC)C(C)c1cc(C)c(C)cc1/C(C)=C(C)/C=C\C=C\CCC. The van der Waals surface area contributed by atoms with Crippen LogP contribution in [0.4, 0.5) is 0 Å². The fourth-order valence-electron chi connectivity index (χ4n) is 5.91. The Hall–Kier alpha value is -3.97. The van der Waals surface area contributed by atoms with Crippen molar-refractivity contribution in [3.05, 3.63) is 149 Å². The Morgan fingerprint density at radius 1 is 0.864 bits per heavy atom. The fraction of sp³-hybridized carbons (Fsp3) is 0.326. The summed E-state index contributed by atoms with van der Waals surface area (Å²) in [6, 6.07) is 22.5. The van der Waals surface area contributed by atoms with Gasteiger partial charge in [-0.3, -0.25) is 4.99 Å². The first-order chi connectivity index (χ1) is 21.1. The van der Waals surface area contributed by atoms with Crippen LogP contribution in [0.2, 0.25) is 0 Å². The minimum atomic E-state index is -0.132. The van der Waals surface area contributed by atoms with Crippen molar-refractivity contribution in [2.75, 3.05) is 0 Å². The first-order valence-electron chi connectivity index (χ1n) is 16.2. The monoisotopic (exact) mass is 583 g/mol. The Balaban J connectivity index is 2.23. The highest BCUT2D eigenvalue weighted by atomic mass is 14.7. The van der Waals surface area contributed by atoms with E-state index in [2.05, 4.69) is 154 Å². The lowest BCUT2D eigenvalue weighted by Crippen LogP contribution is -2.31. The average Bonchev–Trinajstić information content (AvgIpc) is 3.04. The van der Waals surface area contributed by atoms with Gasteiger partial charge >= 0.3 is 0 Å².